The smallest absolute Gasteiger partial charge is 0.323 e. The molecule has 3 aromatic rings. The fourth-order valence-electron chi connectivity index (χ4n) is 3.69. The Labute approximate surface area is 167 Å². The van der Waals surface area contributed by atoms with Crippen LogP contribution in [0.2, 0.25) is 0 Å². The number of fused-ring (bicyclic) bond motifs is 1. The number of nitrogens with one attached hydrogen (secondary N) is 4. The Balaban J connectivity index is 1.32. The molecule has 2 amide bonds. The second-order valence-corrected chi connectivity index (χ2v) is 7.32. The fourth-order valence-corrected chi connectivity index (χ4v) is 3.69. The van der Waals surface area contributed by atoms with E-state index in [2.05, 4.69) is 20.6 Å². The van der Waals surface area contributed by atoms with E-state index in [-0.39, 0.29) is 30.0 Å². The third-order valence-electron chi connectivity index (χ3n) is 5.08. The number of aromatic nitrogens is 2. The highest BCUT2D eigenvalue weighted by molar-refractivity contribution is 5.95. The number of amides is 2. The van der Waals surface area contributed by atoms with Gasteiger partial charge in [0.1, 0.15) is 0 Å². The maximum atomic E-state index is 12.5. The number of H-pyrrole nitrogens is 2. The van der Waals surface area contributed by atoms with Gasteiger partial charge in [-0.1, -0.05) is 18.2 Å². The average molecular weight is 393 g/mol. The van der Waals surface area contributed by atoms with E-state index < -0.39 is 0 Å². The molecule has 8 nitrogen and oxygen atoms in total. The lowest BCUT2D eigenvalue weighted by Gasteiger charge is -2.31. The van der Waals surface area contributed by atoms with E-state index in [9.17, 15) is 14.4 Å². The second-order valence-electron chi connectivity index (χ2n) is 7.32. The molecule has 1 aliphatic rings. The number of anilines is 2. The Morgan fingerprint density at radius 1 is 1.00 bits per heavy atom. The van der Waals surface area contributed by atoms with Crippen molar-refractivity contribution in [1.29, 1.82) is 0 Å². The molecule has 0 saturated carbocycles. The van der Waals surface area contributed by atoms with Gasteiger partial charge in [0.25, 0.3) is 0 Å². The zero-order chi connectivity index (χ0) is 20.2. The van der Waals surface area contributed by atoms with Gasteiger partial charge in [0.15, 0.2) is 0 Å². The summed E-state index contributed by atoms with van der Waals surface area (Å²) >= 11 is 0. The van der Waals surface area contributed by atoms with Gasteiger partial charge in [-0.15, -0.1) is 0 Å². The highest BCUT2D eigenvalue weighted by Crippen LogP contribution is 2.19. The molecule has 8 heteroatoms. The summed E-state index contributed by atoms with van der Waals surface area (Å²) < 4.78 is 0. The monoisotopic (exact) mass is 393 g/mol. The van der Waals surface area contributed by atoms with Gasteiger partial charge in [-0.2, -0.15) is 0 Å². The summed E-state index contributed by atoms with van der Waals surface area (Å²) in [5.41, 5.74) is 2.45. The summed E-state index contributed by atoms with van der Waals surface area (Å²) in [6.07, 6.45) is 1.69. The van der Waals surface area contributed by atoms with Crippen LogP contribution in [0.25, 0.3) is 11.0 Å². The van der Waals surface area contributed by atoms with E-state index in [1.165, 1.54) is 0 Å². The molecule has 29 heavy (non-hydrogen) atoms. The number of benzene rings is 2. The first-order valence-electron chi connectivity index (χ1n) is 9.67. The molecule has 1 aliphatic heterocycles. The summed E-state index contributed by atoms with van der Waals surface area (Å²) in [5.74, 6) is -0.299. The highest BCUT2D eigenvalue weighted by Gasteiger charge is 2.27. The van der Waals surface area contributed by atoms with Crippen molar-refractivity contribution in [2.45, 2.75) is 12.8 Å². The van der Waals surface area contributed by atoms with Crippen molar-refractivity contribution >= 4 is 34.2 Å². The summed E-state index contributed by atoms with van der Waals surface area (Å²) in [5, 5.41) is 5.80. The quantitative estimate of drug-likeness (QED) is 0.532. The van der Waals surface area contributed by atoms with Gasteiger partial charge >= 0.3 is 5.69 Å². The number of imidazole rings is 1. The lowest BCUT2D eigenvalue weighted by Crippen LogP contribution is -2.43. The number of hydrogen-bond donors (Lipinski definition) is 4. The van der Waals surface area contributed by atoms with Crippen LogP contribution in [-0.4, -0.2) is 46.3 Å². The molecule has 1 atom stereocenters. The molecule has 0 spiro atoms. The number of nitrogens with zero attached hydrogens (tertiary/aromatic N) is 1. The molecule has 2 heterocycles. The molecule has 1 fully saturated rings. The van der Waals surface area contributed by atoms with Crippen molar-refractivity contribution in [2.24, 2.45) is 5.92 Å². The van der Waals surface area contributed by atoms with Crippen molar-refractivity contribution in [3.8, 4) is 0 Å². The average Bonchev–Trinajstić information content (AvgIpc) is 3.08. The third-order valence-corrected chi connectivity index (χ3v) is 5.08. The van der Waals surface area contributed by atoms with Crippen LogP contribution in [0.3, 0.4) is 0 Å². The Bertz CT molecular complexity index is 1070. The van der Waals surface area contributed by atoms with E-state index in [0.29, 0.717) is 23.3 Å². The third kappa shape index (κ3) is 4.72. The minimum atomic E-state index is -0.281. The second kappa shape index (κ2) is 8.32. The van der Waals surface area contributed by atoms with Crippen molar-refractivity contribution in [1.82, 2.24) is 14.9 Å². The van der Waals surface area contributed by atoms with Crippen LogP contribution in [0.5, 0.6) is 0 Å². The van der Waals surface area contributed by atoms with Gasteiger partial charge in [-0.3, -0.25) is 14.5 Å². The number of para-hydroxylation sites is 1. The van der Waals surface area contributed by atoms with Gasteiger partial charge in [0.2, 0.25) is 11.8 Å². The van der Waals surface area contributed by atoms with Crippen LogP contribution < -0.4 is 16.3 Å². The summed E-state index contributed by atoms with van der Waals surface area (Å²) in [7, 11) is 0. The molecule has 0 radical (unpaired) electrons. The van der Waals surface area contributed by atoms with Crippen LogP contribution in [-0.2, 0) is 9.59 Å². The molecular formula is C21H23N5O3. The number of hydrogen-bond acceptors (Lipinski definition) is 4. The van der Waals surface area contributed by atoms with Crippen molar-refractivity contribution < 1.29 is 9.59 Å². The molecule has 1 aromatic heterocycles. The van der Waals surface area contributed by atoms with E-state index in [1.54, 1.807) is 18.2 Å². The maximum absolute atomic E-state index is 12.5. The molecule has 1 saturated heterocycles. The number of carbonyl (C=O) groups is 2. The first kappa shape index (κ1) is 18.9. The van der Waals surface area contributed by atoms with Crippen LogP contribution in [0.15, 0.2) is 53.3 Å². The Kier molecular flexibility index (Phi) is 5.44. The first-order valence-corrected chi connectivity index (χ1v) is 9.67. The minimum Gasteiger partial charge on any atom is -0.326 e. The SMILES string of the molecule is O=C(CN1CCC[C@H](C(=O)Nc2ccccc2)C1)Nc1ccc2[nH]c(=O)[nH]c2c1. The predicted octanol–water partition coefficient (Wildman–Crippen LogP) is 2.15. The molecule has 0 aliphatic carbocycles. The Hall–Kier alpha value is -3.39. The summed E-state index contributed by atoms with van der Waals surface area (Å²) in [4.78, 5) is 43.7. The molecule has 0 unspecified atom stereocenters. The van der Waals surface area contributed by atoms with Crippen LogP contribution >= 0.6 is 0 Å². The zero-order valence-corrected chi connectivity index (χ0v) is 15.9. The number of rotatable bonds is 5. The lowest BCUT2D eigenvalue weighted by molar-refractivity contribution is -0.123. The van der Waals surface area contributed by atoms with Gasteiger partial charge in [-0.25, -0.2) is 4.79 Å². The first-order chi connectivity index (χ1) is 14.1. The van der Waals surface area contributed by atoms with Crippen LogP contribution in [0.1, 0.15) is 12.8 Å². The lowest BCUT2D eigenvalue weighted by atomic mass is 9.97. The predicted molar refractivity (Wildman–Crippen MR) is 112 cm³/mol. The molecule has 4 rings (SSSR count). The number of aromatic amines is 2. The minimum absolute atomic E-state index is 0.0110. The molecule has 4 N–H and O–H groups in total. The van der Waals surface area contributed by atoms with Crippen molar-refractivity contribution in [3.63, 3.8) is 0 Å². The number of carbonyl (C=O) groups excluding carboxylic acids is 2. The highest BCUT2D eigenvalue weighted by atomic mass is 16.2. The Morgan fingerprint density at radius 3 is 2.62 bits per heavy atom. The number of likely N-dealkylation sites (tertiary alicyclic amines) is 1. The molecule has 0 bridgehead atoms. The van der Waals surface area contributed by atoms with Gasteiger partial charge in [-0.05, 0) is 49.7 Å². The molecule has 150 valence electrons. The summed E-state index contributed by atoms with van der Waals surface area (Å²) in [6.45, 7) is 1.56. The summed E-state index contributed by atoms with van der Waals surface area (Å²) in [6, 6.07) is 14.6. The van der Waals surface area contributed by atoms with Crippen molar-refractivity contribution in [3.05, 3.63) is 59.0 Å². The van der Waals surface area contributed by atoms with E-state index >= 15 is 0 Å². The van der Waals surface area contributed by atoms with E-state index in [4.69, 9.17) is 0 Å². The van der Waals surface area contributed by atoms with Crippen molar-refractivity contribution in [2.75, 3.05) is 30.3 Å². The number of piperidine rings is 1. The molecular weight excluding hydrogens is 370 g/mol. The van der Waals surface area contributed by atoms with Crippen LogP contribution in [0, 0.1) is 5.92 Å². The Morgan fingerprint density at radius 2 is 1.79 bits per heavy atom. The standard InChI is InChI=1S/C21H23N5O3/c27-19(22-16-8-9-17-18(11-16)25-21(29)24-17)13-26-10-4-5-14(12-26)20(28)23-15-6-2-1-3-7-15/h1-3,6-9,11,14H,4-5,10,12-13H2,(H,22,27)(H,23,28)(H2,24,25,29)/t14-/m0/s1. The van der Waals surface area contributed by atoms with Crippen LogP contribution in [0.4, 0.5) is 11.4 Å². The van der Waals surface area contributed by atoms with E-state index in [0.717, 1.165) is 25.1 Å². The van der Waals surface area contributed by atoms with Gasteiger partial charge in [0, 0.05) is 17.9 Å². The fraction of sp³-hybridized carbons (Fsp3) is 0.286. The van der Waals surface area contributed by atoms with Gasteiger partial charge in [0.05, 0.1) is 23.5 Å². The largest absolute Gasteiger partial charge is 0.326 e. The zero-order valence-electron chi connectivity index (χ0n) is 15.9. The maximum Gasteiger partial charge on any atom is 0.323 e. The van der Waals surface area contributed by atoms with E-state index in [1.807, 2.05) is 35.2 Å². The van der Waals surface area contributed by atoms with Gasteiger partial charge < -0.3 is 20.6 Å². The topological polar surface area (TPSA) is 110 Å². The molecule has 2 aromatic carbocycles. The normalized spacial score (nSPS) is 17.2.